The number of amides is 1. The number of nitrogens with zero attached hydrogens (tertiary/aromatic N) is 3. The smallest absolute Gasteiger partial charge is 0.231 e. The summed E-state index contributed by atoms with van der Waals surface area (Å²) in [6, 6.07) is 6.04. The summed E-state index contributed by atoms with van der Waals surface area (Å²) < 4.78 is 18.5. The maximum absolute atomic E-state index is 13.1. The Morgan fingerprint density at radius 3 is 2.86 bits per heavy atom. The number of halogens is 2. The maximum Gasteiger partial charge on any atom is 0.231 e. The number of benzene rings is 1. The van der Waals surface area contributed by atoms with Crippen LogP contribution in [0.15, 0.2) is 28.8 Å². The van der Waals surface area contributed by atoms with Crippen molar-refractivity contribution in [2.24, 2.45) is 5.92 Å². The van der Waals surface area contributed by atoms with Crippen LogP contribution in [0.5, 0.6) is 0 Å². The Morgan fingerprint density at radius 2 is 2.11 bits per heavy atom. The molecule has 2 fully saturated rings. The maximum atomic E-state index is 13.1. The van der Waals surface area contributed by atoms with E-state index in [2.05, 4.69) is 15.5 Å². The minimum absolute atomic E-state index is 0. The lowest BCUT2D eigenvalue weighted by atomic mass is 9.96. The van der Waals surface area contributed by atoms with Crippen molar-refractivity contribution in [3.63, 3.8) is 0 Å². The zero-order chi connectivity index (χ0) is 18.6. The van der Waals surface area contributed by atoms with Crippen LogP contribution in [-0.4, -0.2) is 47.1 Å². The molecular formula is C20H26ClFN4O2. The van der Waals surface area contributed by atoms with E-state index in [4.69, 9.17) is 4.52 Å². The normalized spacial score (nSPS) is 22.1. The Bertz CT molecular complexity index is 777. The van der Waals surface area contributed by atoms with Crippen molar-refractivity contribution in [1.29, 1.82) is 0 Å². The molecule has 0 spiro atoms. The van der Waals surface area contributed by atoms with Gasteiger partial charge in [0.25, 0.3) is 0 Å². The van der Waals surface area contributed by atoms with Crippen molar-refractivity contribution in [3.05, 3.63) is 36.0 Å². The number of nitrogens with one attached hydrogen (secondary N) is 1. The van der Waals surface area contributed by atoms with Crippen LogP contribution in [0, 0.1) is 11.7 Å². The minimum Gasteiger partial charge on any atom is -0.342 e. The SMILES string of the molecule is Cl.O=C(CCC1CCNC1)N1CCCC(c2nc(-c3ccc(F)cc3)no2)C1. The molecule has 1 amide bonds. The monoisotopic (exact) mass is 408 g/mol. The van der Waals surface area contributed by atoms with Gasteiger partial charge >= 0.3 is 0 Å². The quantitative estimate of drug-likeness (QED) is 0.821. The average Bonchev–Trinajstić information content (AvgIpc) is 3.39. The van der Waals surface area contributed by atoms with Gasteiger partial charge in [0.1, 0.15) is 5.82 Å². The van der Waals surface area contributed by atoms with Crippen molar-refractivity contribution in [2.75, 3.05) is 26.2 Å². The highest BCUT2D eigenvalue weighted by atomic mass is 35.5. The minimum atomic E-state index is -0.294. The van der Waals surface area contributed by atoms with Crippen molar-refractivity contribution in [2.45, 2.75) is 38.0 Å². The fourth-order valence-electron chi connectivity index (χ4n) is 3.97. The Morgan fingerprint density at radius 1 is 1.29 bits per heavy atom. The third kappa shape index (κ3) is 4.89. The van der Waals surface area contributed by atoms with Crippen LogP contribution in [0.4, 0.5) is 4.39 Å². The number of likely N-dealkylation sites (tertiary alicyclic amines) is 1. The molecule has 28 heavy (non-hydrogen) atoms. The summed E-state index contributed by atoms with van der Waals surface area (Å²) in [4.78, 5) is 19.0. The van der Waals surface area contributed by atoms with E-state index in [1.54, 1.807) is 12.1 Å². The molecule has 2 aliphatic heterocycles. The van der Waals surface area contributed by atoms with E-state index >= 15 is 0 Å². The van der Waals surface area contributed by atoms with Crippen molar-refractivity contribution in [3.8, 4) is 11.4 Å². The summed E-state index contributed by atoms with van der Waals surface area (Å²) in [5.41, 5.74) is 0.723. The predicted octanol–water partition coefficient (Wildman–Crippen LogP) is 3.39. The molecule has 2 saturated heterocycles. The lowest BCUT2D eigenvalue weighted by Gasteiger charge is -2.31. The van der Waals surface area contributed by atoms with Crippen molar-refractivity contribution >= 4 is 18.3 Å². The zero-order valence-electron chi connectivity index (χ0n) is 15.8. The van der Waals surface area contributed by atoms with Gasteiger partial charge in [-0.1, -0.05) is 5.16 Å². The van der Waals surface area contributed by atoms with Gasteiger partial charge in [0.15, 0.2) is 0 Å². The Hall–Kier alpha value is -1.99. The first-order valence-corrected chi connectivity index (χ1v) is 9.77. The van der Waals surface area contributed by atoms with Crippen LogP contribution in [-0.2, 0) is 4.79 Å². The molecule has 2 unspecified atom stereocenters. The largest absolute Gasteiger partial charge is 0.342 e. The summed E-state index contributed by atoms with van der Waals surface area (Å²) in [7, 11) is 0. The summed E-state index contributed by atoms with van der Waals surface area (Å²) >= 11 is 0. The predicted molar refractivity (Wildman–Crippen MR) is 106 cm³/mol. The van der Waals surface area contributed by atoms with Gasteiger partial charge in [0, 0.05) is 25.1 Å². The van der Waals surface area contributed by atoms with Gasteiger partial charge in [0.2, 0.25) is 17.6 Å². The Kier molecular flexibility index (Phi) is 7.02. The van der Waals surface area contributed by atoms with E-state index in [0.717, 1.165) is 44.5 Å². The fourth-order valence-corrected chi connectivity index (χ4v) is 3.97. The van der Waals surface area contributed by atoms with Crippen LogP contribution in [0.3, 0.4) is 0 Å². The first-order chi connectivity index (χ1) is 13.2. The van der Waals surface area contributed by atoms with Gasteiger partial charge in [0.05, 0.1) is 5.92 Å². The van der Waals surface area contributed by atoms with Crippen LogP contribution < -0.4 is 5.32 Å². The topological polar surface area (TPSA) is 71.3 Å². The van der Waals surface area contributed by atoms with Crippen molar-refractivity contribution < 1.29 is 13.7 Å². The molecule has 2 atom stereocenters. The molecule has 0 bridgehead atoms. The highest BCUT2D eigenvalue weighted by Crippen LogP contribution is 2.28. The number of piperidine rings is 1. The summed E-state index contributed by atoms with van der Waals surface area (Å²) in [5, 5.41) is 7.38. The van der Waals surface area contributed by atoms with Gasteiger partial charge in [-0.05, 0) is 69.0 Å². The first-order valence-electron chi connectivity index (χ1n) is 9.77. The lowest BCUT2D eigenvalue weighted by molar-refractivity contribution is -0.132. The van der Waals surface area contributed by atoms with E-state index in [1.165, 1.54) is 18.6 Å². The number of rotatable bonds is 5. The van der Waals surface area contributed by atoms with E-state index < -0.39 is 0 Å². The molecule has 3 heterocycles. The number of carbonyl (C=O) groups excluding carboxylic acids is 1. The molecule has 1 aromatic heterocycles. The molecule has 2 aromatic rings. The van der Waals surface area contributed by atoms with E-state index in [9.17, 15) is 9.18 Å². The van der Waals surface area contributed by atoms with Crippen LogP contribution in [0.25, 0.3) is 11.4 Å². The van der Waals surface area contributed by atoms with E-state index in [-0.39, 0.29) is 30.0 Å². The van der Waals surface area contributed by atoms with Crippen LogP contribution >= 0.6 is 12.4 Å². The second-order valence-corrected chi connectivity index (χ2v) is 7.54. The van der Waals surface area contributed by atoms with Gasteiger partial charge in [-0.2, -0.15) is 4.98 Å². The molecular weight excluding hydrogens is 383 g/mol. The third-order valence-electron chi connectivity index (χ3n) is 5.60. The molecule has 2 aliphatic rings. The summed E-state index contributed by atoms with van der Waals surface area (Å²) in [5.74, 6) is 1.65. The summed E-state index contributed by atoms with van der Waals surface area (Å²) in [6.45, 7) is 3.53. The van der Waals surface area contributed by atoms with E-state index in [1.807, 2.05) is 4.90 Å². The van der Waals surface area contributed by atoms with Crippen LogP contribution in [0.1, 0.15) is 43.9 Å². The molecule has 1 aromatic carbocycles. The third-order valence-corrected chi connectivity index (χ3v) is 5.60. The number of aromatic nitrogens is 2. The number of hydrogen-bond donors (Lipinski definition) is 1. The van der Waals surface area contributed by atoms with Gasteiger partial charge in [-0.3, -0.25) is 4.79 Å². The number of carbonyl (C=O) groups is 1. The molecule has 6 nitrogen and oxygen atoms in total. The molecule has 0 radical (unpaired) electrons. The van der Waals surface area contributed by atoms with Gasteiger partial charge in [-0.25, -0.2) is 4.39 Å². The molecule has 8 heteroatoms. The van der Waals surface area contributed by atoms with Crippen LogP contribution in [0.2, 0.25) is 0 Å². The second-order valence-electron chi connectivity index (χ2n) is 7.54. The highest BCUT2D eigenvalue weighted by molar-refractivity contribution is 5.85. The Balaban J connectivity index is 0.00000225. The van der Waals surface area contributed by atoms with Crippen molar-refractivity contribution in [1.82, 2.24) is 20.4 Å². The standard InChI is InChI=1S/C20H25FN4O2.ClH/c21-17-6-4-15(5-7-17)19-23-20(27-24-19)16-2-1-11-25(13-16)18(26)8-3-14-9-10-22-12-14;/h4-7,14,16,22H,1-3,8-13H2;1H. The first kappa shape index (κ1) is 20.7. The average molecular weight is 409 g/mol. The number of hydrogen-bond acceptors (Lipinski definition) is 5. The van der Waals surface area contributed by atoms with Gasteiger partial charge < -0.3 is 14.7 Å². The molecule has 4 rings (SSSR count). The second kappa shape index (κ2) is 9.47. The molecule has 0 aliphatic carbocycles. The lowest BCUT2D eigenvalue weighted by Crippen LogP contribution is -2.39. The molecule has 152 valence electrons. The molecule has 0 saturated carbocycles. The zero-order valence-corrected chi connectivity index (χ0v) is 16.6. The molecule has 1 N–H and O–H groups in total. The highest BCUT2D eigenvalue weighted by Gasteiger charge is 2.29. The van der Waals surface area contributed by atoms with Gasteiger partial charge in [-0.15, -0.1) is 12.4 Å². The Labute approximate surface area is 170 Å². The fraction of sp³-hybridized carbons (Fsp3) is 0.550. The summed E-state index contributed by atoms with van der Waals surface area (Å²) in [6.07, 6.45) is 4.62. The van der Waals surface area contributed by atoms with E-state index in [0.29, 0.717) is 30.6 Å².